The lowest BCUT2D eigenvalue weighted by atomic mass is 10.1. The molecule has 0 aliphatic rings. The summed E-state index contributed by atoms with van der Waals surface area (Å²) < 4.78 is 15.8. The Kier molecular flexibility index (Phi) is 5.58. The number of carbonyl (C=O) groups excluding carboxylic acids is 1. The average Bonchev–Trinajstić information content (AvgIpc) is 2.50. The molecule has 1 atom stereocenters. The molecule has 1 aromatic heterocycles. The Balaban J connectivity index is 1.92. The number of thiol groups is 1. The second-order valence-corrected chi connectivity index (χ2v) is 5.65. The highest BCUT2D eigenvalue weighted by Gasteiger charge is 2.17. The van der Waals surface area contributed by atoms with E-state index in [0.717, 1.165) is 8.78 Å². The highest BCUT2D eigenvalue weighted by molar-refractivity contribution is 9.10. The maximum atomic E-state index is 14.0. The van der Waals surface area contributed by atoms with Crippen molar-refractivity contribution < 1.29 is 9.18 Å². The number of aromatic nitrogens is 1. The molecule has 4 nitrogen and oxygen atoms in total. The molecule has 0 bridgehead atoms. The van der Waals surface area contributed by atoms with Crippen LogP contribution in [0.2, 0.25) is 0 Å². The first kappa shape index (κ1) is 15.8. The number of hydrogen-bond donors (Lipinski definition) is 2. The predicted molar refractivity (Wildman–Crippen MR) is 86.9 cm³/mol. The number of carbonyl (C=O) groups is 1. The number of rotatable bonds is 4. The zero-order chi connectivity index (χ0) is 15.2. The van der Waals surface area contributed by atoms with Crippen molar-refractivity contribution in [2.24, 2.45) is 0 Å². The standard InChI is InChI=1S/C14H13BrFN3OS/c15-11-6-7-13(17-8-11)18-14(20)19(21)9-12(16)10-4-2-1-3-5-10/h1-8,12,21H,9H2,(H,17,18,20). The smallest absolute Gasteiger partial charge is 0.291 e. The molecule has 0 radical (unpaired) electrons. The molecule has 0 saturated carbocycles. The third-order valence-electron chi connectivity index (χ3n) is 2.69. The second-order valence-electron chi connectivity index (χ2n) is 4.25. The van der Waals surface area contributed by atoms with Crippen LogP contribution in [0.1, 0.15) is 11.7 Å². The summed E-state index contributed by atoms with van der Waals surface area (Å²) in [7, 11) is 0. The highest BCUT2D eigenvalue weighted by atomic mass is 79.9. The molecule has 1 N–H and O–H groups in total. The number of benzene rings is 1. The summed E-state index contributed by atoms with van der Waals surface area (Å²) in [4.78, 5) is 15.9. The highest BCUT2D eigenvalue weighted by Crippen LogP contribution is 2.19. The van der Waals surface area contributed by atoms with Crippen LogP contribution in [0, 0.1) is 0 Å². The molecule has 0 spiro atoms. The Morgan fingerprint density at radius 2 is 2.05 bits per heavy atom. The number of urea groups is 1. The van der Waals surface area contributed by atoms with Gasteiger partial charge in [0.25, 0.3) is 0 Å². The van der Waals surface area contributed by atoms with Crippen molar-refractivity contribution in [2.75, 3.05) is 11.9 Å². The summed E-state index contributed by atoms with van der Waals surface area (Å²) in [5.74, 6) is 0.373. The van der Waals surface area contributed by atoms with Crippen molar-refractivity contribution in [3.8, 4) is 0 Å². The van der Waals surface area contributed by atoms with E-state index in [4.69, 9.17) is 0 Å². The maximum Gasteiger partial charge on any atom is 0.332 e. The average molecular weight is 370 g/mol. The molecule has 0 fully saturated rings. The molecule has 2 aromatic rings. The van der Waals surface area contributed by atoms with Gasteiger partial charge in [0, 0.05) is 10.7 Å². The molecule has 0 aliphatic heterocycles. The van der Waals surface area contributed by atoms with E-state index in [1.807, 2.05) is 0 Å². The quantitative estimate of drug-likeness (QED) is 0.791. The lowest BCUT2D eigenvalue weighted by Gasteiger charge is -2.18. The topological polar surface area (TPSA) is 45.2 Å². The summed E-state index contributed by atoms with van der Waals surface area (Å²) in [6.45, 7) is -0.157. The third kappa shape index (κ3) is 4.71. The molecule has 1 unspecified atom stereocenters. The van der Waals surface area contributed by atoms with E-state index in [1.54, 1.807) is 48.7 Å². The van der Waals surface area contributed by atoms with Gasteiger partial charge in [0.1, 0.15) is 12.0 Å². The van der Waals surface area contributed by atoms with Crippen LogP contribution in [0.25, 0.3) is 0 Å². The van der Waals surface area contributed by atoms with Crippen LogP contribution in [0.4, 0.5) is 15.0 Å². The van der Waals surface area contributed by atoms with Crippen molar-refractivity contribution >= 4 is 40.6 Å². The minimum atomic E-state index is -1.30. The van der Waals surface area contributed by atoms with Crippen LogP contribution in [0.3, 0.4) is 0 Å². The summed E-state index contributed by atoms with van der Waals surface area (Å²) in [6.07, 6.45) is 0.257. The van der Waals surface area contributed by atoms with Crippen molar-refractivity contribution in [3.05, 3.63) is 58.7 Å². The van der Waals surface area contributed by atoms with Gasteiger partial charge in [-0.05, 0) is 33.6 Å². The molecule has 110 valence electrons. The fourth-order valence-electron chi connectivity index (χ4n) is 1.63. The molecule has 1 heterocycles. The van der Waals surface area contributed by atoms with E-state index in [9.17, 15) is 9.18 Å². The zero-order valence-corrected chi connectivity index (χ0v) is 13.4. The Labute approximate surface area is 136 Å². The molecule has 7 heteroatoms. The van der Waals surface area contributed by atoms with E-state index in [-0.39, 0.29) is 6.54 Å². The van der Waals surface area contributed by atoms with Gasteiger partial charge in [0.15, 0.2) is 0 Å². The van der Waals surface area contributed by atoms with E-state index < -0.39 is 12.2 Å². The van der Waals surface area contributed by atoms with E-state index in [2.05, 4.69) is 39.0 Å². The molecule has 0 aliphatic carbocycles. The third-order valence-corrected chi connectivity index (χ3v) is 3.51. The molecular formula is C14H13BrFN3OS. The van der Waals surface area contributed by atoms with Gasteiger partial charge in [-0.1, -0.05) is 43.1 Å². The first-order chi connectivity index (χ1) is 10.1. The van der Waals surface area contributed by atoms with Crippen LogP contribution in [0.15, 0.2) is 53.1 Å². The minimum Gasteiger partial charge on any atom is -0.291 e. The van der Waals surface area contributed by atoms with Gasteiger partial charge >= 0.3 is 6.03 Å². The van der Waals surface area contributed by atoms with Crippen LogP contribution in [-0.2, 0) is 0 Å². The number of nitrogens with one attached hydrogen (secondary N) is 1. The second kappa shape index (κ2) is 7.42. The van der Waals surface area contributed by atoms with Gasteiger partial charge < -0.3 is 0 Å². The summed E-state index contributed by atoms with van der Waals surface area (Å²) >= 11 is 7.26. The zero-order valence-electron chi connectivity index (χ0n) is 10.9. The van der Waals surface area contributed by atoms with Crippen LogP contribution < -0.4 is 5.32 Å². The van der Waals surface area contributed by atoms with E-state index in [0.29, 0.717) is 11.4 Å². The Morgan fingerprint density at radius 3 is 2.67 bits per heavy atom. The predicted octanol–water partition coefficient (Wildman–Crippen LogP) is 4.23. The van der Waals surface area contributed by atoms with Crippen LogP contribution in [-0.4, -0.2) is 21.9 Å². The number of halogens is 2. The van der Waals surface area contributed by atoms with Crippen molar-refractivity contribution in [1.29, 1.82) is 0 Å². The van der Waals surface area contributed by atoms with Crippen molar-refractivity contribution in [2.45, 2.75) is 6.17 Å². The van der Waals surface area contributed by atoms with Gasteiger partial charge in [-0.25, -0.2) is 14.2 Å². The number of amides is 2. The SMILES string of the molecule is O=C(Nc1ccc(Br)cn1)N(S)CC(F)c1ccccc1. The lowest BCUT2D eigenvalue weighted by Crippen LogP contribution is -2.30. The number of nitrogens with zero attached hydrogens (tertiary/aromatic N) is 2. The molecule has 2 amide bonds. The Morgan fingerprint density at radius 1 is 1.33 bits per heavy atom. The molecule has 1 aromatic carbocycles. The van der Waals surface area contributed by atoms with Gasteiger partial charge in [0.2, 0.25) is 0 Å². The van der Waals surface area contributed by atoms with Crippen molar-refractivity contribution in [3.63, 3.8) is 0 Å². The lowest BCUT2D eigenvalue weighted by molar-refractivity contribution is 0.225. The molecule has 0 saturated heterocycles. The van der Waals surface area contributed by atoms with Crippen LogP contribution >= 0.6 is 28.7 Å². The van der Waals surface area contributed by atoms with Gasteiger partial charge in [-0.2, -0.15) is 0 Å². The Hall–Kier alpha value is -1.60. The maximum absolute atomic E-state index is 14.0. The number of pyridine rings is 1. The molecule has 21 heavy (non-hydrogen) atoms. The fraction of sp³-hybridized carbons (Fsp3) is 0.143. The number of alkyl halides is 1. The number of hydrogen-bond acceptors (Lipinski definition) is 3. The van der Waals surface area contributed by atoms with Gasteiger partial charge in [-0.3, -0.25) is 9.62 Å². The normalized spacial score (nSPS) is 11.8. The fourth-order valence-corrected chi connectivity index (χ4v) is 2.05. The first-order valence-corrected chi connectivity index (χ1v) is 7.33. The monoisotopic (exact) mass is 369 g/mol. The number of anilines is 1. The largest absolute Gasteiger partial charge is 0.332 e. The first-order valence-electron chi connectivity index (χ1n) is 6.14. The van der Waals surface area contributed by atoms with Crippen LogP contribution in [0.5, 0.6) is 0 Å². The summed E-state index contributed by atoms with van der Waals surface area (Å²) in [6, 6.07) is 11.5. The van der Waals surface area contributed by atoms with Gasteiger partial charge in [-0.15, -0.1) is 0 Å². The molecular weight excluding hydrogens is 357 g/mol. The molecule has 2 rings (SSSR count). The Bertz CT molecular complexity index is 597. The van der Waals surface area contributed by atoms with E-state index in [1.165, 1.54) is 0 Å². The van der Waals surface area contributed by atoms with E-state index >= 15 is 0 Å². The summed E-state index contributed by atoms with van der Waals surface area (Å²) in [5, 5.41) is 2.54. The summed E-state index contributed by atoms with van der Waals surface area (Å²) in [5.41, 5.74) is 0.506. The van der Waals surface area contributed by atoms with Gasteiger partial charge in [0.05, 0.1) is 6.54 Å². The minimum absolute atomic E-state index is 0.157. The van der Waals surface area contributed by atoms with Crippen molar-refractivity contribution in [1.82, 2.24) is 9.29 Å².